The van der Waals surface area contributed by atoms with Crippen LogP contribution in [0.3, 0.4) is 0 Å². The smallest absolute Gasteiger partial charge is 0.270 e. The first-order valence-corrected chi connectivity index (χ1v) is 11.6. The van der Waals surface area contributed by atoms with E-state index >= 15 is 0 Å². The van der Waals surface area contributed by atoms with Gasteiger partial charge in [-0.25, -0.2) is 18.8 Å². The van der Waals surface area contributed by atoms with Crippen LogP contribution >= 0.6 is 0 Å². The van der Waals surface area contributed by atoms with Crippen molar-refractivity contribution in [3.8, 4) is 0 Å². The Morgan fingerprint density at radius 3 is 2.72 bits per heavy atom. The number of nitrogens with zero attached hydrogens (tertiary/aromatic N) is 6. The molecule has 1 fully saturated rings. The van der Waals surface area contributed by atoms with Crippen molar-refractivity contribution in [2.75, 3.05) is 5.32 Å². The van der Waals surface area contributed by atoms with Crippen molar-refractivity contribution < 1.29 is 13.6 Å². The Balaban J connectivity index is 1.40. The van der Waals surface area contributed by atoms with E-state index in [0.717, 1.165) is 42.8 Å². The molecule has 1 saturated carbocycles. The quantitative estimate of drug-likeness (QED) is 0.506. The van der Waals surface area contributed by atoms with Crippen LogP contribution in [0, 0.1) is 18.6 Å². The summed E-state index contributed by atoms with van der Waals surface area (Å²) in [4.78, 5) is 28.3. The molecule has 1 amide bonds. The van der Waals surface area contributed by atoms with Crippen molar-refractivity contribution in [1.29, 1.82) is 0 Å². The average Bonchev–Trinajstić information content (AvgIpc) is 3.23. The number of rotatable bonds is 6. The Hall–Kier alpha value is -4.15. The average molecular weight is 493 g/mol. The van der Waals surface area contributed by atoms with Crippen LogP contribution < -0.4 is 11.1 Å². The van der Waals surface area contributed by atoms with Crippen LogP contribution in [0.25, 0.3) is 0 Å². The Bertz CT molecular complexity index is 1390. The molecule has 1 aliphatic carbocycles. The summed E-state index contributed by atoms with van der Waals surface area (Å²) in [6.45, 7) is 2.01. The molecule has 3 N–H and O–H groups in total. The zero-order valence-corrected chi connectivity index (χ0v) is 20.0. The molecule has 0 unspecified atom stereocenters. The lowest BCUT2D eigenvalue weighted by Gasteiger charge is -2.53. The van der Waals surface area contributed by atoms with Crippen LogP contribution in [-0.4, -0.2) is 42.3 Å². The van der Waals surface area contributed by atoms with Gasteiger partial charge in [0.25, 0.3) is 5.91 Å². The van der Waals surface area contributed by atoms with E-state index in [1.165, 1.54) is 6.07 Å². The summed E-state index contributed by atoms with van der Waals surface area (Å²) in [5.74, 6) is -0.635. The molecule has 11 heteroatoms. The van der Waals surface area contributed by atoms with Crippen molar-refractivity contribution in [3.63, 3.8) is 0 Å². The third-order valence-corrected chi connectivity index (χ3v) is 6.87. The summed E-state index contributed by atoms with van der Waals surface area (Å²) in [5.41, 5.74) is 7.87. The molecule has 2 aliphatic rings. The number of carbonyl (C=O) groups excluding carboxylic acids is 1. The number of nitrogens with one attached hydrogen (secondary N) is 1. The number of halogens is 2. The van der Waals surface area contributed by atoms with Crippen molar-refractivity contribution in [2.24, 2.45) is 17.8 Å². The van der Waals surface area contributed by atoms with E-state index in [2.05, 4.69) is 25.4 Å². The van der Waals surface area contributed by atoms with E-state index in [4.69, 9.17) is 5.73 Å². The van der Waals surface area contributed by atoms with Gasteiger partial charge in [-0.15, -0.1) is 0 Å². The fourth-order valence-electron chi connectivity index (χ4n) is 4.62. The predicted molar refractivity (Wildman–Crippen MR) is 131 cm³/mol. The number of aryl methyl sites for hydroxylation is 2. The highest BCUT2D eigenvalue weighted by Gasteiger charge is 2.48. The van der Waals surface area contributed by atoms with Crippen LogP contribution in [-0.2, 0) is 18.4 Å². The summed E-state index contributed by atoms with van der Waals surface area (Å²) in [6.07, 6.45) is 8.04. The lowest BCUT2D eigenvalue weighted by molar-refractivity contribution is -0.140. The van der Waals surface area contributed by atoms with E-state index in [1.54, 1.807) is 41.3 Å². The molecule has 0 saturated heterocycles. The molecule has 0 bridgehead atoms. The molecular formula is C25H26F2N8O. The number of benzene rings is 1. The molecular weight excluding hydrogens is 466 g/mol. The largest absolute Gasteiger partial charge is 0.394 e. The Labute approximate surface area is 206 Å². The molecule has 1 aromatic carbocycles. The second kappa shape index (κ2) is 9.14. The van der Waals surface area contributed by atoms with Gasteiger partial charge < -0.3 is 16.0 Å². The molecule has 36 heavy (non-hydrogen) atoms. The van der Waals surface area contributed by atoms with Crippen molar-refractivity contribution in [2.45, 2.75) is 44.7 Å². The first kappa shape index (κ1) is 23.6. The SMILES string of the molecule is Cc1cnc(Nc2ccnn2C)nc1N=CC1=C(N)C(=O)N(Cc2ccc(F)c(F)c2)C2(CCC2)C1. The molecule has 9 nitrogen and oxygen atoms in total. The van der Waals surface area contributed by atoms with E-state index in [9.17, 15) is 13.6 Å². The van der Waals surface area contributed by atoms with Gasteiger partial charge in [0, 0.05) is 48.7 Å². The minimum absolute atomic E-state index is 0.0961. The molecule has 5 rings (SSSR count). The lowest BCUT2D eigenvalue weighted by atomic mass is 9.69. The number of amides is 1. The Morgan fingerprint density at radius 2 is 2.06 bits per heavy atom. The fourth-order valence-corrected chi connectivity index (χ4v) is 4.62. The van der Waals surface area contributed by atoms with Crippen LogP contribution in [0.1, 0.15) is 36.8 Å². The molecule has 3 heterocycles. The van der Waals surface area contributed by atoms with Gasteiger partial charge in [-0.05, 0) is 50.3 Å². The number of carbonyl (C=O) groups is 1. The van der Waals surface area contributed by atoms with Crippen molar-refractivity contribution >= 4 is 29.7 Å². The number of hydrogen-bond acceptors (Lipinski definition) is 7. The Morgan fingerprint density at radius 1 is 1.25 bits per heavy atom. The summed E-state index contributed by atoms with van der Waals surface area (Å²) < 4.78 is 28.8. The van der Waals surface area contributed by atoms with Gasteiger partial charge in [0.2, 0.25) is 5.95 Å². The van der Waals surface area contributed by atoms with Gasteiger partial charge in [-0.3, -0.25) is 9.48 Å². The third kappa shape index (κ3) is 4.32. The number of hydrogen-bond donors (Lipinski definition) is 2. The topological polar surface area (TPSA) is 114 Å². The molecule has 3 aromatic rings. The maximum atomic E-state index is 13.8. The summed E-state index contributed by atoms with van der Waals surface area (Å²) in [5, 5.41) is 7.21. The highest BCUT2D eigenvalue weighted by atomic mass is 19.2. The van der Waals surface area contributed by atoms with Crippen LogP contribution in [0.5, 0.6) is 0 Å². The maximum Gasteiger partial charge on any atom is 0.270 e. The van der Waals surface area contributed by atoms with Gasteiger partial charge >= 0.3 is 0 Å². The zero-order valence-electron chi connectivity index (χ0n) is 20.0. The number of nitrogens with two attached hydrogens (primary N) is 1. The fraction of sp³-hybridized carbons (Fsp3) is 0.320. The minimum atomic E-state index is -0.937. The van der Waals surface area contributed by atoms with E-state index in [0.29, 0.717) is 29.3 Å². The maximum absolute atomic E-state index is 13.8. The van der Waals surface area contributed by atoms with Gasteiger partial charge in [-0.1, -0.05) is 6.07 Å². The van der Waals surface area contributed by atoms with E-state index in [-0.39, 0.29) is 18.1 Å². The molecule has 0 radical (unpaired) electrons. The summed E-state index contributed by atoms with van der Waals surface area (Å²) in [6, 6.07) is 5.49. The zero-order chi connectivity index (χ0) is 25.4. The van der Waals surface area contributed by atoms with E-state index in [1.807, 2.05) is 6.92 Å². The van der Waals surface area contributed by atoms with Crippen molar-refractivity contribution in [3.05, 3.63) is 70.7 Å². The standard InChI is InChI=1S/C25H26F2N8O/c1-15-12-30-24(32-20-6-9-31-34(20)2)33-22(15)29-13-17-11-25(7-3-8-25)35(23(36)21(17)28)14-16-4-5-18(26)19(27)10-16/h4-6,9-10,12-13H,3,7-8,11,14,28H2,1-2H3,(H,30,32,33). The molecule has 0 atom stereocenters. The van der Waals surface area contributed by atoms with Crippen LogP contribution in [0.2, 0.25) is 0 Å². The monoisotopic (exact) mass is 492 g/mol. The minimum Gasteiger partial charge on any atom is -0.394 e. The predicted octanol–water partition coefficient (Wildman–Crippen LogP) is 3.81. The second-order valence-electron chi connectivity index (χ2n) is 9.26. The molecule has 186 valence electrons. The summed E-state index contributed by atoms with van der Waals surface area (Å²) in [7, 11) is 1.80. The molecule has 1 spiro atoms. The number of anilines is 2. The Kier molecular flexibility index (Phi) is 5.99. The number of aliphatic imine (C=N–C) groups is 1. The first-order valence-electron chi connectivity index (χ1n) is 11.6. The molecule has 2 aromatic heterocycles. The highest BCUT2D eigenvalue weighted by molar-refractivity contribution is 6.01. The van der Waals surface area contributed by atoms with E-state index < -0.39 is 17.2 Å². The second-order valence-corrected chi connectivity index (χ2v) is 9.26. The van der Waals surface area contributed by atoms with Gasteiger partial charge in [0.05, 0.1) is 6.20 Å². The third-order valence-electron chi connectivity index (χ3n) is 6.87. The normalized spacial score (nSPS) is 17.2. The first-order chi connectivity index (χ1) is 17.3. The lowest BCUT2D eigenvalue weighted by Crippen LogP contribution is -2.59. The summed E-state index contributed by atoms with van der Waals surface area (Å²) >= 11 is 0. The highest BCUT2D eigenvalue weighted by Crippen LogP contribution is 2.46. The van der Waals surface area contributed by atoms with Crippen LogP contribution in [0.4, 0.5) is 26.4 Å². The molecule has 1 aliphatic heterocycles. The van der Waals surface area contributed by atoms with Gasteiger partial charge in [0.1, 0.15) is 11.5 Å². The van der Waals surface area contributed by atoms with Gasteiger partial charge in [0.15, 0.2) is 17.5 Å². The van der Waals surface area contributed by atoms with Crippen molar-refractivity contribution in [1.82, 2.24) is 24.6 Å². The number of aromatic nitrogens is 4. The van der Waals surface area contributed by atoms with Crippen LogP contribution in [0.15, 0.2) is 52.9 Å². The van der Waals surface area contributed by atoms with Gasteiger partial charge in [-0.2, -0.15) is 10.1 Å².